The maximum atomic E-state index is 3.68. The van der Waals surface area contributed by atoms with E-state index >= 15 is 0 Å². The number of benzene rings is 1. The summed E-state index contributed by atoms with van der Waals surface area (Å²) in [5.41, 5.74) is 4.06. The van der Waals surface area contributed by atoms with Crippen molar-refractivity contribution in [1.82, 2.24) is 5.32 Å². The van der Waals surface area contributed by atoms with E-state index in [-0.39, 0.29) is 0 Å². The van der Waals surface area contributed by atoms with Crippen molar-refractivity contribution in [2.24, 2.45) is 0 Å². The van der Waals surface area contributed by atoms with Gasteiger partial charge >= 0.3 is 0 Å². The normalized spacial score (nSPS) is 14.4. The van der Waals surface area contributed by atoms with Gasteiger partial charge in [0.15, 0.2) is 0 Å². The molecule has 0 radical (unpaired) electrons. The third kappa shape index (κ3) is 3.68. The summed E-state index contributed by atoms with van der Waals surface area (Å²) in [5.74, 6) is 0. The first kappa shape index (κ1) is 14.8. The molecule has 0 fully saturated rings. The molecule has 2 aromatic rings. The van der Waals surface area contributed by atoms with Crippen LogP contribution in [-0.2, 0) is 0 Å². The number of rotatable bonds is 4. The number of hydrogen-bond donors (Lipinski definition) is 1. The van der Waals surface area contributed by atoms with Gasteiger partial charge in [-0.2, -0.15) is 0 Å². The molecule has 1 N–H and O–H groups in total. The molecule has 19 heavy (non-hydrogen) atoms. The van der Waals surface area contributed by atoms with Crippen LogP contribution in [0.5, 0.6) is 0 Å². The molecule has 0 saturated heterocycles. The first-order chi connectivity index (χ1) is 8.97. The fourth-order valence-electron chi connectivity index (χ4n) is 2.33. The van der Waals surface area contributed by atoms with Crippen LogP contribution in [0.25, 0.3) is 0 Å². The Morgan fingerprint density at radius 1 is 1.05 bits per heavy atom. The number of aryl methyl sites for hydroxylation is 2. The van der Waals surface area contributed by atoms with Crippen LogP contribution in [0.2, 0.25) is 0 Å². The minimum absolute atomic E-state index is 0.357. The van der Waals surface area contributed by atoms with Gasteiger partial charge in [0, 0.05) is 17.0 Å². The molecule has 3 heteroatoms. The van der Waals surface area contributed by atoms with Gasteiger partial charge in [-0.3, -0.25) is 0 Å². The van der Waals surface area contributed by atoms with E-state index in [4.69, 9.17) is 0 Å². The molecule has 2 atom stereocenters. The minimum Gasteiger partial charge on any atom is -0.303 e. The highest BCUT2D eigenvalue weighted by Gasteiger charge is 2.14. The highest BCUT2D eigenvalue weighted by Crippen LogP contribution is 2.29. The van der Waals surface area contributed by atoms with Gasteiger partial charge in [-0.1, -0.05) is 23.8 Å². The Bertz CT molecular complexity index is 562. The van der Waals surface area contributed by atoms with Crippen LogP contribution < -0.4 is 5.32 Å². The third-order valence-corrected chi connectivity index (χ3v) is 5.23. The molecular weight excluding hydrogens is 318 g/mol. The van der Waals surface area contributed by atoms with E-state index in [9.17, 15) is 0 Å². The van der Waals surface area contributed by atoms with Crippen LogP contribution in [0.3, 0.4) is 0 Å². The van der Waals surface area contributed by atoms with Crippen LogP contribution in [0, 0.1) is 13.8 Å². The molecule has 1 aromatic carbocycles. The summed E-state index contributed by atoms with van der Waals surface area (Å²) in [6.45, 7) is 8.79. The maximum Gasteiger partial charge on any atom is 0.0701 e. The number of hydrogen-bond acceptors (Lipinski definition) is 2. The molecule has 0 saturated carbocycles. The van der Waals surface area contributed by atoms with Gasteiger partial charge in [-0.05, 0) is 66.9 Å². The predicted octanol–water partition coefficient (Wildman–Crippen LogP) is 5.54. The van der Waals surface area contributed by atoms with Crippen molar-refractivity contribution in [3.8, 4) is 0 Å². The van der Waals surface area contributed by atoms with Crippen molar-refractivity contribution in [1.29, 1.82) is 0 Å². The lowest BCUT2D eigenvalue weighted by Gasteiger charge is -2.21. The highest BCUT2D eigenvalue weighted by molar-refractivity contribution is 9.11. The Kier molecular flexibility index (Phi) is 4.82. The van der Waals surface area contributed by atoms with E-state index < -0.39 is 0 Å². The largest absolute Gasteiger partial charge is 0.303 e. The average Bonchev–Trinajstić information content (AvgIpc) is 2.79. The van der Waals surface area contributed by atoms with Crippen LogP contribution in [0.1, 0.15) is 47.5 Å². The fourth-order valence-corrected chi connectivity index (χ4v) is 3.77. The summed E-state index contributed by atoms with van der Waals surface area (Å²) in [4.78, 5) is 1.36. The summed E-state index contributed by atoms with van der Waals surface area (Å²) in [5, 5.41) is 3.68. The van der Waals surface area contributed by atoms with Gasteiger partial charge < -0.3 is 5.32 Å². The molecule has 0 aliphatic heterocycles. The van der Waals surface area contributed by atoms with E-state index in [0.717, 1.165) is 0 Å². The zero-order valence-electron chi connectivity index (χ0n) is 11.8. The van der Waals surface area contributed by atoms with Crippen molar-refractivity contribution in [3.05, 3.63) is 55.7 Å². The summed E-state index contributed by atoms with van der Waals surface area (Å²) in [6.07, 6.45) is 0. The Morgan fingerprint density at radius 3 is 2.42 bits per heavy atom. The van der Waals surface area contributed by atoms with Crippen LogP contribution >= 0.6 is 27.3 Å². The van der Waals surface area contributed by atoms with E-state index in [0.29, 0.717) is 12.1 Å². The Hall–Kier alpha value is -0.640. The zero-order valence-corrected chi connectivity index (χ0v) is 14.2. The molecule has 1 nitrogen and oxygen atoms in total. The molecule has 0 aliphatic rings. The smallest absolute Gasteiger partial charge is 0.0701 e. The molecule has 1 aromatic heterocycles. The monoisotopic (exact) mass is 337 g/mol. The lowest BCUT2D eigenvalue weighted by molar-refractivity contribution is 0.498. The van der Waals surface area contributed by atoms with Gasteiger partial charge in [0.1, 0.15) is 0 Å². The van der Waals surface area contributed by atoms with Crippen molar-refractivity contribution in [3.63, 3.8) is 0 Å². The predicted molar refractivity (Wildman–Crippen MR) is 87.9 cm³/mol. The van der Waals surface area contributed by atoms with Crippen LogP contribution in [-0.4, -0.2) is 0 Å². The zero-order chi connectivity index (χ0) is 14.0. The average molecular weight is 338 g/mol. The van der Waals surface area contributed by atoms with Crippen molar-refractivity contribution in [2.75, 3.05) is 0 Å². The number of nitrogens with one attached hydrogen (secondary N) is 1. The third-order valence-electron chi connectivity index (χ3n) is 3.42. The lowest BCUT2D eigenvalue weighted by Crippen LogP contribution is -2.22. The Morgan fingerprint density at radius 2 is 1.79 bits per heavy atom. The molecule has 1 heterocycles. The second-order valence-electron chi connectivity index (χ2n) is 5.11. The highest BCUT2D eigenvalue weighted by atomic mass is 79.9. The van der Waals surface area contributed by atoms with Crippen LogP contribution in [0.4, 0.5) is 0 Å². The lowest BCUT2D eigenvalue weighted by atomic mass is 9.99. The second kappa shape index (κ2) is 6.21. The summed E-state index contributed by atoms with van der Waals surface area (Å²) in [7, 11) is 0. The molecule has 0 spiro atoms. The quantitative estimate of drug-likeness (QED) is 0.772. The van der Waals surface area contributed by atoms with Gasteiger partial charge in [-0.15, -0.1) is 11.3 Å². The molecule has 0 bridgehead atoms. The molecule has 102 valence electrons. The van der Waals surface area contributed by atoms with E-state index in [1.54, 1.807) is 11.3 Å². The summed E-state index contributed by atoms with van der Waals surface area (Å²) < 4.78 is 1.19. The first-order valence-corrected chi connectivity index (χ1v) is 8.16. The van der Waals surface area contributed by atoms with Gasteiger partial charge in [-0.25, -0.2) is 0 Å². The maximum absolute atomic E-state index is 3.68. The molecule has 0 amide bonds. The van der Waals surface area contributed by atoms with E-state index in [2.05, 4.69) is 79.3 Å². The van der Waals surface area contributed by atoms with Crippen molar-refractivity contribution >= 4 is 27.3 Å². The first-order valence-electron chi connectivity index (χ1n) is 6.56. The van der Waals surface area contributed by atoms with E-state index in [1.807, 2.05) is 0 Å². The van der Waals surface area contributed by atoms with E-state index in [1.165, 1.54) is 25.4 Å². The van der Waals surface area contributed by atoms with Gasteiger partial charge in [0.25, 0.3) is 0 Å². The van der Waals surface area contributed by atoms with Gasteiger partial charge in [0.05, 0.1) is 3.79 Å². The number of halogens is 1. The second-order valence-corrected chi connectivity index (χ2v) is 7.61. The summed E-state index contributed by atoms with van der Waals surface area (Å²) in [6, 6.07) is 11.7. The number of thiophene rings is 1. The van der Waals surface area contributed by atoms with Crippen molar-refractivity contribution in [2.45, 2.75) is 39.8 Å². The molecular formula is C16H20BrNS. The van der Waals surface area contributed by atoms with Crippen LogP contribution in [0.15, 0.2) is 34.1 Å². The molecule has 0 aliphatic carbocycles. The standard InChI is InChI=1S/C16H20BrNS/c1-10-5-6-11(2)14(9-10)12(3)18-13(4)15-7-8-16(17)19-15/h5-9,12-13,18H,1-4H3. The fraction of sp³-hybridized carbons (Fsp3) is 0.375. The molecule has 2 unspecified atom stereocenters. The topological polar surface area (TPSA) is 12.0 Å². The summed E-state index contributed by atoms with van der Waals surface area (Å²) >= 11 is 5.32. The molecule has 2 rings (SSSR count). The Balaban J connectivity index is 2.12. The van der Waals surface area contributed by atoms with Crippen molar-refractivity contribution < 1.29 is 0 Å². The van der Waals surface area contributed by atoms with Gasteiger partial charge in [0.2, 0.25) is 0 Å². The SMILES string of the molecule is Cc1ccc(C)c(C(C)NC(C)c2ccc(Br)s2)c1. The Labute approximate surface area is 128 Å². The minimum atomic E-state index is 0.357.